The van der Waals surface area contributed by atoms with Gasteiger partial charge in [0.1, 0.15) is 86.6 Å². The van der Waals surface area contributed by atoms with Gasteiger partial charge in [0, 0.05) is 79.1 Å². The van der Waals surface area contributed by atoms with Crippen LogP contribution in [0.5, 0.6) is 57.5 Å². The van der Waals surface area contributed by atoms with Crippen molar-refractivity contribution in [2.24, 2.45) is 4.30 Å². The Bertz CT molecular complexity index is 7810. The Morgan fingerprint density at radius 1 is 0.386 bits per heavy atom. The number of nitrogens with one attached hydrogen (secondary N) is 1. The first-order chi connectivity index (χ1) is 67.2. The molecule has 18 nitrogen and oxygen atoms in total. The number of hydrogen-bond donors (Lipinski definition) is 4. The van der Waals surface area contributed by atoms with E-state index in [2.05, 4.69) is 119 Å². The van der Waals surface area contributed by atoms with Crippen molar-refractivity contribution in [3.63, 3.8) is 0 Å². The topological polar surface area (TPSA) is 156 Å². The van der Waals surface area contributed by atoms with Crippen molar-refractivity contribution in [1.29, 1.82) is 0 Å². The molecule has 0 unspecified atom stereocenters. The molecule has 0 aliphatic heterocycles. The first kappa shape index (κ1) is 102. The molecule has 0 spiro atoms. The van der Waals surface area contributed by atoms with Crippen molar-refractivity contribution < 1.29 is 55.8 Å². The monoisotopic (exact) mass is 2050 g/mol. The summed E-state index contributed by atoms with van der Waals surface area (Å²) in [6.07, 6.45) is 11.8. The minimum atomic E-state index is -0.868. The first-order valence-corrected chi connectivity index (χ1v) is 44.4. The summed E-state index contributed by atoms with van der Waals surface area (Å²) >= 11 is 8.98. The number of hydrogen-bond acceptors (Lipinski definition) is 9. The minimum absolute atomic E-state index is 0. The third-order valence-corrected chi connectivity index (χ3v) is 22.2. The summed E-state index contributed by atoms with van der Waals surface area (Å²) in [5, 5.41) is 24.2. The van der Waals surface area contributed by atoms with Crippen molar-refractivity contribution in [3.05, 3.63) is 495 Å². The van der Waals surface area contributed by atoms with Gasteiger partial charge in [0.2, 0.25) is 0 Å². The maximum Gasteiger partial charge on any atom is 0.188 e. The Morgan fingerprint density at radius 2 is 0.671 bits per heavy atom. The van der Waals surface area contributed by atoms with E-state index in [1.54, 1.807) is 72.8 Å². The molecule has 20 aromatic rings. The second kappa shape index (κ2) is 49.6. The number of nitrogens with zero attached hydrogens (tertiary/aromatic N) is 10. The van der Waals surface area contributed by atoms with Gasteiger partial charge in [-0.3, -0.25) is 0 Å². The van der Waals surface area contributed by atoms with Crippen LogP contribution >= 0.6 is 51.3 Å². The van der Waals surface area contributed by atoms with Crippen molar-refractivity contribution in [2.45, 2.75) is 33.8 Å². The van der Waals surface area contributed by atoms with Crippen LogP contribution in [0.3, 0.4) is 0 Å². The fourth-order valence-electron chi connectivity index (χ4n) is 14.3. The Hall–Kier alpha value is -16.8. The Labute approximate surface area is 834 Å². The zero-order valence-electron chi connectivity index (χ0n) is 72.9. The molecule has 0 aliphatic carbocycles. The second-order valence-corrected chi connectivity index (χ2v) is 32.4. The molecule has 0 amide bonds. The molecule has 0 bridgehead atoms. The molecular formula is C113H84BBrF5IN11O7S. The van der Waals surface area contributed by atoms with Gasteiger partial charge < -0.3 is 57.1 Å². The van der Waals surface area contributed by atoms with Crippen LogP contribution in [0.25, 0.3) is 101 Å². The van der Waals surface area contributed by atoms with Gasteiger partial charge >= 0.3 is 24.8 Å². The fourth-order valence-corrected chi connectivity index (χ4v) is 15.2. The summed E-state index contributed by atoms with van der Waals surface area (Å²) in [4.78, 5) is 20.4. The van der Waals surface area contributed by atoms with Gasteiger partial charge in [-0.1, -0.05) is 51.3 Å². The summed E-state index contributed by atoms with van der Waals surface area (Å²) in [5.41, 5.74) is 14.0. The number of benzene rings is 15. The Kier molecular flexibility index (Phi) is 36.2. The van der Waals surface area contributed by atoms with Gasteiger partial charge in [0.05, 0.1) is 67.6 Å². The molecule has 0 saturated carbocycles. The molecule has 15 aromatic carbocycles. The molecule has 1 radical (unpaired) electrons. The SMILES string of the molecule is C.C.Fc1ccc(Oc2ccc(I)cc2)cc1.[B]=NS.[C-]#[N+]c1ccc2[nH]ccc2c1.[C-]#[N+]c1ccc2c(c1)c(Br)cn2-c1ccc(Oc2ccc(F)cc2)cc1.[C-]#[N+]c1ccc2c(c1)c(CC=C)cn2-c1ccc(Oc2ccc(F)cc2)cc1.[C-]#[N+]c1ccc2c(c1)c(C[C@H](O)CO)cn2-c1ccc(Oc2ccc(F)cc2)cc1.[C-]#[N+]c1ccc2c(ccn2-c2ccc(Oc3ccc(F)cc3)cc2)c1. The molecule has 0 aliphatic rings. The van der Waals surface area contributed by atoms with E-state index in [1.807, 2.05) is 248 Å². The smallest absolute Gasteiger partial charge is 0.188 e. The number of H-pyrrole nitrogens is 1. The van der Waals surface area contributed by atoms with Crippen LogP contribution in [-0.2, 0) is 12.8 Å². The molecule has 27 heteroatoms. The molecule has 0 fully saturated rings. The van der Waals surface area contributed by atoms with Crippen LogP contribution in [0.1, 0.15) is 26.0 Å². The van der Waals surface area contributed by atoms with Crippen LogP contribution in [0.4, 0.5) is 50.4 Å². The maximum atomic E-state index is 13.0. The fraction of sp³-hybridized carbons (Fsp3) is 0.0531. The van der Waals surface area contributed by atoms with Gasteiger partial charge in [0.15, 0.2) is 28.4 Å². The standard InChI is InChI=1S/C24H19FN2O3.C24H17FN2O.C21H12BrFN2O.C21H13FN2O.C12H8FIO.C9H6N2.2CH4.BHNS/c1-26-18-4-11-24-23(13-18)16(12-20(29)15-28)14-27(24)19-5-9-22(10-6-19)30-21-7-2-17(25)3-8-21;1-3-4-17-16-27(24-14-7-19(26-2)15-23(17)24)20-8-12-22(13-9-20)28-21-10-5-18(25)6-11-21;1-24-15-4-11-21-19(12-15)20(22)13-25(21)16-5-9-18(10-6-16)26-17-7-2-14(23)3-8-17;1-23-17-4-11-21-15(14-17)12-13-24(21)18-5-9-20(10-6-18)25-19-7-2-16(22)3-8-19;13-9-1-5-11(6-2-9)15-12-7-3-10(14)4-8-12;1-10-8-2-3-9-7(6-8)4-5-11-9;;;1-2-3/h2-11,13-14,20,28-29H,12,15H2;3,5-16H,1,4H2;2-13H;2-14H;1-8H;2-6,11H;2*1H4;3H/t20-;;;;;;;;/m0......../s1. The zero-order valence-corrected chi connectivity index (χ0v) is 77.5. The third-order valence-electron chi connectivity index (χ3n) is 20.9. The molecule has 3 N–H and O–H groups in total. The van der Waals surface area contributed by atoms with Gasteiger partial charge in [0.25, 0.3) is 0 Å². The van der Waals surface area contributed by atoms with Crippen LogP contribution in [0, 0.1) is 65.5 Å². The number of halogens is 7. The number of fused-ring (bicyclic) bond motifs is 5. The zero-order chi connectivity index (χ0) is 97.0. The van der Waals surface area contributed by atoms with Crippen LogP contribution in [0.2, 0.25) is 0 Å². The number of aliphatic hydroxyl groups excluding tert-OH is 2. The van der Waals surface area contributed by atoms with Gasteiger partial charge in [-0.15, -0.1) is 6.58 Å². The average Bonchev–Trinajstić information content (AvgIpc) is 1.70. The molecule has 1 atom stereocenters. The van der Waals surface area contributed by atoms with E-state index >= 15 is 0 Å². The molecule has 0 saturated heterocycles. The van der Waals surface area contributed by atoms with Crippen molar-refractivity contribution in [3.8, 4) is 80.2 Å². The molecule has 691 valence electrons. The minimum Gasteiger partial charge on any atom is -0.457 e. The number of allylic oxidation sites excluding steroid dienone is 1. The van der Waals surface area contributed by atoms with Crippen LogP contribution in [0.15, 0.2) is 398 Å². The molecule has 5 aromatic heterocycles. The second-order valence-electron chi connectivity index (χ2n) is 30.1. The summed E-state index contributed by atoms with van der Waals surface area (Å²) in [6.45, 7) is 39.1. The van der Waals surface area contributed by atoms with E-state index < -0.39 is 6.10 Å². The first-order valence-electron chi connectivity index (χ1n) is 42.1. The quantitative estimate of drug-likeness (QED) is 0.0157. The Balaban J connectivity index is 0.000000152. The van der Waals surface area contributed by atoms with Crippen LogP contribution in [-0.4, -0.2) is 53.8 Å². The number of thiol groups is 1. The number of aromatic amines is 1. The molecule has 5 heterocycles. The summed E-state index contributed by atoms with van der Waals surface area (Å²) < 4.78 is 106. The van der Waals surface area contributed by atoms with E-state index in [4.69, 9.17) is 56.5 Å². The van der Waals surface area contributed by atoms with Gasteiger partial charge in [-0.2, -0.15) is 0 Å². The molecule has 20 rings (SSSR count). The summed E-state index contributed by atoms with van der Waals surface area (Å²) in [7, 11) is 4.34. The Morgan fingerprint density at radius 3 is 1.02 bits per heavy atom. The van der Waals surface area contributed by atoms with Crippen molar-refractivity contribution in [1.82, 2.24) is 23.3 Å². The van der Waals surface area contributed by atoms with Gasteiger partial charge in [-0.25, -0.2) is 46.2 Å². The average molecular weight is 2050 g/mol. The largest absolute Gasteiger partial charge is 0.457 e. The number of aromatic nitrogens is 5. The van der Waals surface area contributed by atoms with Gasteiger partial charge in [-0.05, 0) is 393 Å². The van der Waals surface area contributed by atoms with E-state index in [9.17, 15) is 32.2 Å². The van der Waals surface area contributed by atoms with Crippen molar-refractivity contribution >= 4 is 142 Å². The predicted molar refractivity (Wildman–Crippen MR) is 563 cm³/mol. The predicted octanol–water partition coefficient (Wildman–Crippen LogP) is 33.2. The summed E-state index contributed by atoms with van der Waals surface area (Å²) in [5.74, 6) is 4.89. The van der Waals surface area contributed by atoms with Crippen molar-refractivity contribution in [2.75, 3.05) is 6.61 Å². The van der Waals surface area contributed by atoms with E-state index in [1.165, 1.54) is 60.7 Å². The number of rotatable bonds is 19. The third kappa shape index (κ3) is 27.1. The van der Waals surface area contributed by atoms with E-state index in [0.29, 0.717) is 80.2 Å². The van der Waals surface area contributed by atoms with Crippen LogP contribution < -0.4 is 23.7 Å². The molecule has 140 heavy (non-hydrogen) atoms. The number of ether oxygens (including phenoxy) is 5. The molecular weight excluding hydrogens is 1970 g/mol. The number of aliphatic hydroxyl groups is 2. The van der Waals surface area contributed by atoms with E-state index in [0.717, 1.165) is 109 Å². The summed E-state index contributed by atoms with van der Waals surface area (Å²) in [6, 6.07) is 99.6. The maximum absolute atomic E-state index is 13.0. The normalized spacial score (nSPS) is 10.5. The van der Waals surface area contributed by atoms with E-state index in [-0.39, 0.29) is 57.0 Å².